The van der Waals surface area contributed by atoms with Crippen LogP contribution in [0.15, 0.2) is 16.5 Å². The summed E-state index contributed by atoms with van der Waals surface area (Å²) in [6.07, 6.45) is 0.304. The standard InChI is InChI=1S/C19H23NO5S/c1-11-8-16(13(3)26-11)17(21)6-7-18(22)20(4)10-14-9-15(12(2)25-14)19(23)24-5/h8-9H,6-7,10H2,1-5H3. The maximum Gasteiger partial charge on any atom is 0.341 e. The molecule has 0 aromatic carbocycles. The SMILES string of the molecule is COC(=O)c1cc(CN(C)C(=O)CCC(=O)c2cc(C)sc2C)oc1C. The monoisotopic (exact) mass is 377 g/mol. The molecule has 2 heterocycles. The number of rotatable bonds is 7. The van der Waals surface area contributed by atoms with Crippen molar-refractivity contribution in [1.82, 2.24) is 4.90 Å². The van der Waals surface area contributed by atoms with Crippen LogP contribution in [0.25, 0.3) is 0 Å². The summed E-state index contributed by atoms with van der Waals surface area (Å²) < 4.78 is 10.2. The highest BCUT2D eigenvalue weighted by molar-refractivity contribution is 7.12. The Balaban J connectivity index is 1.92. The largest absolute Gasteiger partial charge is 0.465 e. The lowest BCUT2D eigenvalue weighted by molar-refractivity contribution is -0.130. The summed E-state index contributed by atoms with van der Waals surface area (Å²) in [5.41, 5.74) is 1.05. The van der Waals surface area contributed by atoms with E-state index in [2.05, 4.69) is 4.74 Å². The molecule has 0 bridgehead atoms. The van der Waals surface area contributed by atoms with Crippen LogP contribution < -0.4 is 0 Å². The number of esters is 1. The molecule has 2 aromatic heterocycles. The van der Waals surface area contributed by atoms with Gasteiger partial charge in [-0.05, 0) is 32.9 Å². The van der Waals surface area contributed by atoms with Crippen LogP contribution in [0.1, 0.15) is 54.8 Å². The minimum atomic E-state index is -0.474. The summed E-state index contributed by atoms with van der Waals surface area (Å²) in [4.78, 5) is 39.7. The highest BCUT2D eigenvalue weighted by Gasteiger charge is 2.19. The van der Waals surface area contributed by atoms with E-state index in [0.717, 1.165) is 9.75 Å². The van der Waals surface area contributed by atoms with Crippen LogP contribution in [0.4, 0.5) is 0 Å². The first-order chi connectivity index (χ1) is 12.2. The first kappa shape index (κ1) is 19.9. The van der Waals surface area contributed by atoms with Crippen LogP contribution >= 0.6 is 11.3 Å². The third kappa shape index (κ3) is 4.60. The summed E-state index contributed by atoms with van der Waals surface area (Å²) in [6.45, 7) is 5.77. The van der Waals surface area contributed by atoms with Crippen LogP contribution in [0.2, 0.25) is 0 Å². The normalized spacial score (nSPS) is 10.7. The van der Waals surface area contributed by atoms with Crippen LogP contribution in [0.5, 0.6) is 0 Å². The number of ether oxygens (including phenoxy) is 1. The number of hydrogen-bond acceptors (Lipinski definition) is 6. The van der Waals surface area contributed by atoms with E-state index >= 15 is 0 Å². The van der Waals surface area contributed by atoms with E-state index in [4.69, 9.17) is 4.42 Å². The summed E-state index contributed by atoms with van der Waals surface area (Å²) in [5.74, 6) is 0.297. The second-order valence-corrected chi connectivity index (χ2v) is 7.63. The van der Waals surface area contributed by atoms with Crippen LogP contribution in [0, 0.1) is 20.8 Å². The molecule has 0 aliphatic rings. The molecule has 0 saturated carbocycles. The van der Waals surface area contributed by atoms with Gasteiger partial charge in [0, 0.05) is 35.2 Å². The number of carbonyl (C=O) groups is 3. The number of furan rings is 1. The van der Waals surface area contributed by atoms with E-state index in [1.54, 1.807) is 31.4 Å². The number of amides is 1. The van der Waals surface area contributed by atoms with Crippen molar-refractivity contribution in [3.05, 3.63) is 44.5 Å². The highest BCUT2D eigenvalue weighted by Crippen LogP contribution is 2.22. The van der Waals surface area contributed by atoms with E-state index in [1.165, 1.54) is 12.0 Å². The van der Waals surface area contributed by atoms with Crippen molar-refractivity contribution in [1.29, 1.82) is 0 Å². The Kier molecular flexibility index (Phi) is 6.37. The zero-order valence-corrected chi connectivity index (χ0v) is 16.5. The van der Waals surface area contributed by atoms with Gasteiger partial charge in [0.15, 0.2) is 5.78 Å². The molecule has 6 nitrogen and oxygen atoms in total. The summed E-state index contributed by atoms with van der Waals surface area (Å²) in [5, 5.41) is 0. The van der Waals surface area contributed by atoms with E-state index in [1.807, 2.05) is 19.9 Å². The second kappa shape index (κ2) is 8.31. The average molecular weight is 377 g/mol. The maximum absolute atomic E-state index is 12.3. The van der Waals surface area contributed by atoms with E-state index < -0.39 is 5.97 Å². The molecule has 0 fully saturated rings. The average Bonchev–Trinajstić information content (AvgIpc) is 3.12. The molecule has 26 heavy (non-hydrogen) atoms. The quantitative estimate of drug-likeness (QED) is 0.543. The van der Waals surface area contributed by atoms with Gasteiger partial charge in [-0.1, -0.05) is 0 Å². The van der Waals surface area contributed by atoms with Crippen molar-refractivity contribution in [3.63, 3.8) is 0 Å². The molecule has 0 spiro atoms. The van der Waals surface area contributed by atoms with Gasteiger partial charge in [-0.3, -0.25) is 9.59 Å². The van der Waals surface area contributed by atoms with Gasteiger partial charge in [0.2, 0.25) is 5.91 Å². The summed E-state index contributed by atoms with van der Waals surface area (Å²) in [7, 11) is 2.94. The van der Waals surface area contributed by atoms with Crippen LogP contribution in [0.3, 0.4) is 0 Å². The fourth-order valence-electron chi connectivity index (χ4n) is 2.71. The summed E-state index contributed by atoms with van der Waals surface area (Å²) >= 11 is 1.58. The Hall–Kier alpha value is -2.41. The molecule has 0 aliphatic carbocycles. The van der Waals surface area contributed by atoms with Crippen molar-refractivity contribution in [2.75, 3.05) is 14.2 Å². The van der Waals surface area contributed by atoms with Crippen molar-refractivity contribution in [2.24, 2.45) is 0 Å². The molecule has 0 atom stereocenters. The number of ketones is 1. The predicted molar refractivity (Wildman–Crippen MR) is 98.6 cm³/mol. The third-order valence-corrected chi connectivity index (χ3v) is 5.07. The fourth-order valence-corrected chi connectivity index (χ4v) is 3.65. The van der Waals surface area contributed by atoms with Crippen molar-refractivity contribution in [3.8, 4) is 0 Å². The van der Waals surface area contributed by atoms with Crippen LogP contribution in [-0.2, 0) is 16.1 Å². The molecule has 0 aliphatic heterocycles. The molecular formula is C19H23NO5S. The van der Waals surface area contributed by atoms with Gasteiger partial charge in [0.1, 0.15) is 17.1 Å². The van der Waals surface area contributed by atoms with E-state index in [0.29, 0.717) is 22.6 Å². The topological polar surface area (TPSA) is 76.8 Å². The van der Waals surface area contributed by atoms with Gasteiger partial charge in [0.05, 0.1) is 13.7 Å². The van der Waals surface area contributed by atoms with Crippen molar-refractivity contribution in [2.45, 2.75) is 40.2 Å². The molecule has 0 radical (unpaired) electrons. The molecule has 0 saturated heterocycles. The zero-order valence-electron chi connectivity index (χ0n) is 15.7. The first-order valence-electron chi connectivity index (χ1n) is 8.24. The lowest BCUT2D eigenvalue weighted by atomic mass is 10.1. The fraction of sp³-hybridized carbons (Fsp3) is 0.421. The first-order valence-corrected chi connectivity index (χ1v) is 9.06. The molecule has 2 aromatic rings. The van der Waals surface area contributed by atoms with Gasteiger partial charge in [0.25, 0.3) is 0 Å². The Morgan fingerprint density at radius 3 is 2.38 bits per heavy atom. The number of carbonyl (C=O) groups excluding carboxylic acids is 3. The van der Waals surface area contributed by atoms with Crippen LogP contribution in [-0.4, -0.2) is 36.7 Å². The minimum Gasteiger partial charge on any atom is -0.465 e. The van der Waals surface area contributed by atoms with Crippen molar-refractivity contribution < 1.29 is 23.5 Å². The van der Waals surface area contributed by atoms with E-state index in [-0.39, 0.29) is 31.1 Å². The van der Waals surface area contributed by atoms with Gasteiger partial charge in [-0.15, -0.1) is 11.3 Å². The molecular weight excluding hydrogens is 354 g/mol. The Bertz CT molecular complexity index is 833. The Labute approximate surface area is 156 Å². The smallest absolute Gasteiger partial charge is 0.341 e. The third-order valence-electron chi connectivity index (χ3n) is 4.10. The lowest BCUT2D eigenvalue weighted by Gasteiger charge is -2.15. The zero-order chi connectivity index (χ0) is 19.4. The van der Waals surface area contributed by atoms with Gasteiger partial charge in [-0.25, -0.2) is 4.79 Å². The number of aryl methyl sites for hydroxylation is 3. The molecule has 7 heteroatoms. The number of thiophene rings is 1. The Morgan fingerprint density at radius 1 is 1.12 bits per heavy atom. The molecule has 0 N–H and O–H groups in total. The molecule has 140 valence electrons. The second-order valence-electron chi connectivity index (χ2n) is 6.17. The van der Waals surface area contributed by atoms with Crippen molar-refractivity contribution >= 4 is 29.0 Å². The van der Waals surface area contributed by atoms with E-state index in [9.17, 15) is 14.4 Å². The summed E-state index contributed by atoms with van der Waals surface area (Å²) in [6, 6.07) is 3.45. The van der Waals surface area contributed by atoms with Gasteiger partial charge < -0.3 is 14.1 Å². The molecule has 1 amide bonds. The molecule has 2 rings (SSSR count). The maximum atomic E-state index is 12.3. The number of methoxy groups -OCH3 is 1. The lowest BCUT2D eigenvalue weighted by Crippen LogP contribution is -2.26. The number of nitrogens with zero attached hydrogens (tertiary/aromatic N) is 1. The molecule has 0 unspecified atom stereocenters. The van der Waals surface area contributed by atoms with Gasteiger partial charge in [-0.2, -0.15) is 0 Å². The number of hydrogen-bond donors (Lipinski definition) is 0. The predicted octanol–water partition coefficient (Wildman–Crippen LogP) is 3.67. The Morgan fingerprint density at radius 2 is 1.81 bits per heavy atom. The number of Topliss-reactive ketones (excluding diaryl/α,β-unsaturated/α-hetero) is 1. The minimum absolute atomic E-state index is 0.0181. The highest BCUT2D eigenvalue weighted by atomic mass is 32.1. The van der Waals surface area contributed by atoms with Gasteiger partial charge >= 0.3 is 5.97 Å².